The van der Waals surface area contributed by atoms with Crippen LogP contribution in [0.1, 0.15) is 29.7 Å². The van der Waals surface area contributed by atoms with E-state index >= 15 is 0 Å². The molecule has 0 saturated carbocycles. The van der Waals surface area contributed by atoms with Gasteiger partial charge in [0.15, 0.2) is 0 Å². The average molecular weight is 301 g/mol. The zero-order valence-corrected chi connectivity index (χ0v) is 14.0. The van der Waals surface area contributed by atoms with Gasteiger partial charge in [0.25, 0.3) is 0 Å². The van der Waals surface area contributed by atoms with Crippen molar-refractivity contribution in [2.75, 3.05) is 14.2 Å². The Kier molecular flexibility index (Phi) is 5.71. The standard InChI is InChI=1S/C18H23NOS/c1-13-7-5-6-8-18(13)21-12-16-11-15(14(2)19-3)9-10-17(16)20-4/h5-11,14,19H,12H2,1-4H3. The lowest BCUT2D eigenvalue weighted by Gasteiger charge is -2.15. The van der Waals surface area contributed by atoms with Crippen LogP contribution in [0.3, 0.4) is 0 Å². The molecule has 1 atom stereocenters. The number of benzene rings is 2. The van der Waals surface area contributed by atoms with Crippen molar-refractivity contribution in [1.29, 1.82) is 0 Å². The van der Waals surface area contributed by atoms with E-state index in [1.807, 2.05) is 18.8 Å². The molecule has 2 aromatic rings. The Bertz CT molecular complexity index is 598. The minimum atomic E-state index is 0.345. The molecule has 0 heterocycles. The highest BCUT2D eigenvalue weighted by molar-refractivity contribution is 7.98. The van der Waals surface area contributed by atoms with Gasteiger partial charge in [-0.05, 0) is 50.2 Å². The Morgan fingerprint density at radius 3 is 2.62 bits per heavy atom. The maximum atomic E-state index is 5.50. The highest BCUT2D eigenvalue weighted by atomic mass is 32.2. The predicted molar refractivity (Wildman–Crippen MR) is 91.2 cm³/mol. The molecule has 3 heteroatoms. The maximum absolute atomic E-state index is 5.50. The second kappa shape index (κ2) is 7.53. The lowest BCUT2D eigenvalue weighted by molar-refractivity contribution is 0.411. The third-order valence-corrected chi connectivity index (χ3v) is 4.94. The molecular weight excluding hydrogens is 278 g/mol. The van der Waals surface area contributed by atoms with Gasteiger partial charge >= 0.3 is 0 Å². The van der Waals surface area contributed by atoms with E-state index < -0.39 is 0 Å². The van der Waals surface area contributed by atoms with Crippen molar-refractivity contribution in [3.63, 3.8) is 0 Å². The SMILES string of the molecule is CNC(C)c1ccc(OC)c(CSc2ccccc2C)c1. The van der Waals surface area contributed by atoms with Gasteiger partial charge in [0.05, 0.1) is 7.11 Å². The number of hydrogen-bond donors (Lipinski definition) is 1. The Balaban J connectivity index is 2.19. The predicted octanol–water partition coefficient (Wildman–Crippen LogP) is 4.58. The minimum Gasteiger partial charge on any atom is -0.496 e. The highest BCUT2D eigenvalue weighted by Crippen LogP contribution is 2.31. The van der Waals surface area contributed by atoms with Crippen LogP contribution in [-0.2, 0) is 5.75 Å². The maximum Gasteiger partial charge on any atom is 0.122 e. The molecule has 0 aromatic heterocycles. The van der Waals surface area contributed by atoms with Gasteiger partial charge in [-0.2, -0.15) is 0 Å². The quantitative estimate of drug-likeness (QED) is 0.789. The summed E-state index contributed by atoms with van der Waals surface area (Å²) in [4.78, 5) is 1.33. The average Bonchev–Trinajstić information content (AvgIpc) is 2.53. The van der Waals surface area contributed by atoms with Crippen molar-refractivity contribution >= 4 is 11.8 Å². The van der Waals surface area contributed by atoms with Crippen LogP contribution in [0.4, 0.5) is 0 Å². The summed E-state index contributed by atoms with van der Waals surface area (Å²) in [5, 5.41) is 3.28. The molecule has 2 rings (SSSR count). The van der Waals surface area contributed by atoms with Gasteiger partial charge in [-0.3, -0.25) is 0 Å². The fraction of sp³-hybridized carbons (Fsp3) is 0.333. The van der Waals surface area contributed by atoms with Gasteiger partial charge in [-0.15, -0.1) is 11.8 Å². The van der Waals surface area contributed by atoms with Gasteiger partial charge < -0.3 is 10.1 Å². The van der Waals surface area contributed by atoms with E-state index in [1.54, 1.807) is 7.11 Å². The van der Waals surface area contributed by atoms with Crippen molar-refractivity contribution in [1.82, 2.24) is 5.32 Å². The van der Waals surface area contributed by atoms with Crippen molar-refractivity contribution < 1.29 is 4.74 Å². The van der Waals surface area contributed by atoms with Crippen LogP contribution >= 0.6 is 11.8 Å². The fourth-order valence-electron chi connectivity index (χ4n) is 2.22. The molecule has 0 aliphatic rings. The van der Waals surface area contributed by atoms with Crippen LogP contribution in [0.5, 0.6) is 5.75 Å². The van der Waals surface area contributed by atoms with E-state index in [1.165, 1.54) is 21.6 Å². The number of nitrogens with one attached hydrogen (secondary N) is 1. The monoisotopic (exact) mass is 301 g/mol. The molecule has 0 spiro atoms. The Hall–Kier alpha value is -1.45. The smallest absolute Gasteiger partial charge is 0.122 e. The lowest BCUT2D eigenvalue weighted by atomic mass is 10.1. The fourth-order valence-corrected chi connectivity index (χ4v) is 3.23. The summed E-state index contributed by atoms with van der Waals surface area (Å²) in [6, 6.07) is 15.3. The zero-order chi connectivity index (χ0) is 15.2. The molecule has 2 aromatic carbocycles. The molecule has 0 radical (unpaired) electrons. The summed E-state index contributed by atoms with van der Waals surface area (Å²) in [5.41, 5.74) is 3.85. The second-order valence-corrected chi connectivity index (χ2v) is 6.15. The number of ether oxygens (including phenoxy) is 1. The summed E-state index contributed by atoms with van der Waals surface area (Å²) in [5.74, 6) is 1.88. The molecule has 0 saturated heterocycles. The molecular formula is C18H23NOS. The minimum absolute atomic E-state index is 0.345. The summed E-state index contributed by atoms with van der Waals surface area (Å²) in [6.45, 7) is 4.32. The largest absolute Gasteiger partial charge is 0.496 e. The number of hydrogen-bond acceptors (Lipinski definition) is 3. The van der Waals surface area contributed by atoms with E-state index in [0.717, 1.165) is 11.5 Å². The van der Waals surface area contributed by atoms with Gasteiger partial charge in [0.1, 0.15) is 5.75 Å². The van der Waals surface area contributed by atoms with Gasteiger partial charge in [0, 0.05) is 22.3 Å². The Morgan fingerprint density at radius 1 is 1.19 bits per heavy atom. The van der Waals surface area contributed by atoms with E-state index in [-0.39, 0.29) is 0 Å². The normalized spacial score (nSPS) is 12.2. The summed E-state index contributed by atoms with van der Waals surface area (Å²) in [6.07, 6.45) is 0. The van der Waals surface area contributed by atoms with Crippen LogP contribution in [-0.4, -0.2) is 14.2 Å². The van der Waals surface area contributed by atoms with Gasteiger partial charge in [0.2, 0.25) is 0 Å². The van der Waals surface area contributed by atoms with Crippen molar-refractivity contribution in [3.05, 3.63) is 59.2 Å². The highest BCUT2D eigenvalue weighted by Gasteiger charge is 2.09. The molecule has 21 heavy (non-hydrogen) atoms. The van der Waals surface area contributed by atoms with Crippen LogP contribution in [0.15, 0.2) is 47.4 Å². The van der Waals surface area contributed by atoms with Crippen molar-refractivity contribution in [2.24, 2.45) is 0 Å². The van der Waals surface area contributed by atoms with Crippen LogP contribution in [0.2, 0.25) is 0 Å². The third kappa shape index (κ3) is 4.02. The van der Waals surface area contributed by atoms with Gasteiger partial charge in [-0.1, -0.05) is 24.3 Å². The number of rotatable bonds is 6. The molecule has 0 aliphatic heterocycles. The van der Waals surface area contributed by atoms with Gasteiger partial charge in [-0.25, -0.2) is 0 Å². The number of aryl methyl sites for hydroxylation is 1. The van der Waals surface area contributed by atoms with E-state index in [9.17, 15) is 0 Å². The molecule has 0 fully saturated rings. The number of methoxy groups -OCH3 is 1. The first-order valence-electron chi connectivity index (χ1n) is 7.18. The molecule has 2 nitrogen and oxygen atoms in total. The van der Waals surface area contributed by atoms with Crippen molar-refractivity contribution in [3.8, 4) is 5.75 Å². The zero-order valence-electron chi connectivity index (χ0n) is 13.1. The van der Waals surface area contributed by atoms with E-state index in [0.29, 0.717) is 6.04 Å². The summed E-state index contributed by atoms with van der Waals surface area (Å²) >= 11 is 1.86. The Labute approximate surface area is 131 Å². The first-order valence-corrected chi connectivity index (χ1v) is 8.16. The molecule has 0 bridgehead atoms. The van der Waals surface area contributed by atoms with Crippen LogP contribution in [0, 0.1) is 6.92 Å². The summed E-state index contributed by atoms with van der Waals surface area (Å²) in [7, 11) is 3.72. The van der Waals surface area contributed by atoms with Crippen molar-refractivity contribution in [2.45, 2.75) is 30.5 Å². The first-order chi connectivity index (χ1) is 10.2. The summed E-state index contributed by atoms with van der Waals surface area (Å²) < 4.78 is 5.50. The second-order valence-electron chi connectivity index (χ2n) is 5.14. The molecule has 1 N–H and O–H groups in total. The molecule has 0 amide bonds. The Morgan fingerprint density at radius 2 is 1.95 bits per heavy atom. The van der Waals surface area contributed by atoms with E-state index in [2.05, 4.69) is 61.6 Å². The van der Waals surface area contributed by atoms with Crippen LogP contribution in [0.25, 0.3) is 0 Å². The lowest BCUT2D eigenvalue weighted by Crippen LogP contribution is -2.12. The third-order valence-electron chi connectivity index (χ3n) is 3.71. The molecule has 1 unspecified atom stereocenters. The van der Waals surface area contributed by atoms with E-state index in [4.69, 9.17) is 4.74 Å². The molecule has 112 valence electrons. The topological polar surface area (TPSA) is 21.3 Å². The first kappa shape index (κ1) is 15.9. The molecule has 0 aliphatic carbocycles. The number of thioether (sulfide) groups is 1. The van der Waals surface area contributed by atoms with Crippen LogP contribution < -0.4 is 10.1 Å².